The number of hydrogen-bond acceptors (Lipinski definition) is 3. The van der Waals surface area contributed by atoms with Gasteiger partial charge in [0.1, 0.15) is 6.61 Å². The average molecular weight is 233 g/mol. The van der Waals surface area contributed by atoms with Crippen LogP contribution in [0.5, 0.6) is 0 Å². The highest BCUT2D eigenvalue weighted by molar-refractivity contribution is 7.07. The molecule has 0 atom stereocenters. The molecule has 4 heteroatoms. The molecule has 16 heavy (non-hydrogen) atoms. The first kappa shape index (κ1) is 10.9. The lowest BCUT2D eigenvalue weighted by molar-refractivity contribution is 0.0234. The molecule has 0 aliphatic rings. The number of carbonyl (C=O) groups is 1. The van der Waals surface area contributed by atoms with Crippen molar-refractivity contribution in [2.24, 2.45) is 0 Å². The summed E-state index contributed by atoms with van der Waals surface area (Å²) in [6.07, 6.45) is 0. The van der Waals surface area contributed by atoms with Crippen molar-refractivity contribution in [3.05, 3.63) is 58.3 Å². The Morgan fingerprint density at radius 3 is 2.75 bits per heavy atom. The van der Waals surface area contributed by atoms with Crippen molar-refractivity contribution in [2.45, 2.75) is 6.61 Å². The van der Waals surface area contributed by atoms with Crippen LogP contribution in [0.2, 0.25) is 0 Å². The SMILES string of the molecule is O=C(NOCc1ccsc1)c1ccccc1. The van der Waals surface area contributed by atoms with Gasteiger partial charge in [-0.3, -0.25) is 9.63 Å². The highest BCUT2D eigenvalue weighted by Gasteiger charge is 2.03. The smallest absolute Gasteiger partial charge is 0.269 e. The number of amides is 1. The van der Waals surface area contributed by atoms with Crippen LogP contribution in [0, 0.1) is 0 Å². The van der Waals surface area contributed by atoms with Gasteiger partial charge in [0.2, 0.25) is 0 Å². The lowest BCUT2D eigenvalue weighted by Crippen LogP contribution is -2.23. The lowest BCUT2D eigenvalue weighted by Gasteiger charge is -2.04. The van der Waals surface area contributed by atoms with Crippen LogP contribution in [-0.4, -0.2) is 5.91 Å². The number of hydrogen-bond donors (Lipinski definition) is 1. The minimum Gasteiger partial charge on any atom is -0.269 e. The van der Waals surface area contributed by atoms with E-state index in [4.69, 9.17) is 4.84 Å². The number of carbonyl (C=O) groups excluding carboxylic acids is 1. The van der Waals surface area contributed by atoms with Crippen LogP contribution < -0.4 is 5.48 Å². The lowest BCUT2D eigenvalue weighted by atomic mass is 10.2. The van der Waals surface area contributed by atoms with Crippen molar-refractivity contribution in [1.82, 2.24) is 5.48 Å². The Morgan fingerprint density at radius 2 is 2.06 bits per heavy atom. The molecular weight excluding hydrogens is 222 g/mol. The summed E-state index contributed by atoms with van der Waals surface area (Å²) in [5.74, 6) is -0.226. The summed E-state index contributed by atoms with van der Waals surface area (Å²) in [7, 11) is 0. The van der Waals surface area contributed by atoms with Gasteiger partial charge in [0.15, 0.2) is 0 Å². The van der Waals surface area contributed by atoms with Gasteiger partial charge in [-0.15, -0.1) is 0 Å². The second-order valence-electron chi connectivity index (χ2n) is 3.22. The van der Waals surface area contributed by atoms with Gasteiger partial charge in [-0.2, -0.15) is 11.3 Å². The molecule has 0 bridgehead atoms. The minimum absolute atomic E-state index is 0.226. The summed E-state index contributed by atoms with van der Waals surface area (Å²) < 4.78 is 0. The van der Waals surface area contributed by atoms with E-state index in [-0.39, 0.29) is 5.91 Å². The van der Waals surface area contributed by atoms with Gasteiger partial charge in [0.25, 0.3) is 5.91 Å². The fourth-order valence-corrected chi connectivity index (χ4v) is 1.86. The average Bonchev–Trinajstić information content (AvgIpc) is 2.83. The zero-order chi connectivity index (χ0) is 11.2. The van der Waals surface area contributed by atoms with Crippen molar-refractivity contribution in [2.75, 3.05) is 0 Å². The van der Waals surface area contributed by atoms with Crippen molar-refractivity contribution in [3.8, 4) is 0 Å². The predicted molar refractivity (Wildman–Crippen MR) is 63.0 cm³/mol. The van der Waals surface area contributed by atoms with E-state index in [0.29, 0.717) is 12.2 Å². The number of rotatable bonds is 4. The molecule has 0 radical (unpaired) electrons. The number of nitrogens with one attached hydrogen (secondary N) is 1. The second kappa shape index (κ2) is 5.44. The van der Waals surface area contributed by atoms with Crippen molar-refractivity contribution >= 4 is 17.2 Å². The van der Waals surface area contributed by atoms with Crippen LogP contribution in [0.1, 0.15) is 15.9 Å². The molecule has 1 heterocycles. The Balaban J connectivity index is 1.81. The standard InChI is InChI=1S/C12H11NO2S/c14-12(11-4-2-1-3-5-11)13-15-8-10-6-7-16-9-10/h1-7,9H,8H2,(H,13,14). The molecule has 0 fully saturated rings. The van der Waals surface area contributed by atoms with E-state index < -0.39 is 0 Å². The zero-order valence-corrected chi connectivity index (χ0v) is 9.37. The highest BCUT2D eigenvalue weighted by atomic mass is 32.1. The molecule has 1 aromatic carbocycles. The monoisotopic (exact) mass is 233 g/mol. The zero-order valence-electron chi connectivity index (χ0n) is 8.55. The van der Waals surface area contributed by atoms with Crippen LogP contribution in [0.3, 0.4) is 0 Å². The topological polar surface area (TPSA) is 38.3 Å². The van der Waals surface area contributed by atoms with Gasteiger partial charge in [-0.1, -0.05) is 18.2 Å². The van der Waals surface area contributed by atoms with Gasteiger partial charge < -0.3 is 0 Å². The molecule has 2 aromatic rings. The largest absolute Gasteiger partial charge is 0.274 e. The normalized spacial score (nSPS) is 10.0. The Bertz CT molecular complexity index is 439. The summed E-state index contributed by atoms with van der Waals surface area (Å²) >= 11 is 1.60. The molecule has 0 saturated heterocycles. The Hall–Kier alpha value is -1.65. The summed E-state index contributed by atoms with van der Waals surface area (Å²) in [5.41, 5.74) is 4.05. The van der Waals surface area contributed by atoms with Crippen LogP contribution >= 0.6 is 11.3 Å². The minimum atomic E-state index is -0.226. The molecule has 2 rings (SSSR count). The quantitative estimate of drug-likeness (QED) is 0.824. The maximum absolute atomic E-state index is 11.5. The van der Waals surface area contributed by atoms with E-state index in [2.05, 4.69) is 5.48 Å². The van der Waals surface area contributed by atoms with Gasteiger partial charge in [-0.25, -0.2) is 5.48 Å². The molecule has 0 saturated carbocycles. The maximum atomic E-state index is 11.5. The number of thiophene rings is 1. The van der Waals surface area contributed by atoms with Crippen LogP contribution in [0.15, 0.2) is 47.2 Å². The Kier molecular flexibility index (Phi) is 3.69. The highest BCUT2D eigenvalue weighted by Crippen LogP contribution is 2.06. The van der Waals surface area contributed by atoms with Gasteiger partial charge in [0.05, 0.1) is 0 Å². The summed E-state index contributed by atoms with van der Waals surface area (Å²) in [5, 5.41) is 3.95. The predicted octanol–water partition coefficient (Wildman–Crippen LogP) is 2.61. The Labute approximate surface area is 97.6 Å². The third-order valence-corrected chi connectivity index (χ3v) is 2.75. The van der Waals surface area contributed by atoms with E-state index in [9.17, 15) is 4.79 Å². The van der Waals surface area contributed by atoms with Crippen LogP contribution in [-0.2, 0) is 11.4 Å². The maximum Gasteiger partial charge on any atom is 0.274 e. The molecule has 1 aromatic heterocycles. The van der Waals surface area contributed by atoms with E-state index in [0.717, 1.165) is 5.56 Å². The first-order chi connectivity index (χ1) is 7.86. The summed E-state index contributed by atoms with van der Waals surface area (Å²) in [6, 6.07) is 10.9. The molecule has 1 amide bonds. The molecule has 1 N–H and O–H groups in total. The molecular formula is C12H11NO2S. The molecule has 0 aliphatic heterocycles. The van der Waals surface area contributed by atoms with E-state index in [1.807, 2.05) is 35.0 Å². The second-order valence-corrected chi connectivity index (χ2v) is 4.00. The Morgan fingerprint density at radius 1 is 1.25 bits per heavy atom. The van der Waals surface area contributed by atoms with Gasteiger partial charge in [0, 0.05) is 5.56 Å². The van der Waals surface area contributed by atoms with Crippen molar-refractivity contribution < 1.29 is 9.63 Å². The fourth-order valence-electron chi connectivity index (χ4n) is 1.21. The van der Waals surface area contributed by atoms with Crippen LogP contribution in [0.25, 0.3) is 0 Å². The summed E-state index contributed by atoms with van der Waals surface area (Å²) in [4.78, 5) is 16.6. The van der Waals surface area contributed by atoms with E-state index in [1.54, 1.807) is 23.5 Å². The molecule has 0 aliphatic carbocycles. The number of benzene rings is 1. The van der Waals surface area contributed by atoms with Gasteiger partial charge >= 0.3 is 0 Å². The molecule has 0 unspecified atom stereocenters. The van der Waals surface area contributed by atoms with Gasteiger partial charge in [-0.05, 0) is 34.5 Å². The molecule has 3 nitrogen and oxygen atoms in total. The third-order valence-electron chi connectivity index (χ3n) is 2.02. The van der Waals surface area contributed by atoms with E-state index >= 15 is 0 Å². The van der Waals surface area contributed by atoms with E-state index in [1.165, 1.54) is 0 Å². The van der Waals surface area contributed by atoms with Crippen molar-refractivity contribution in [1.29, 1.82) is 0 Å². The summed E-state index contributed by atoms with van der Waals surface area (Å²) in [6.45, 7) is 0.391. The number of hydroxylamine groups is 1. The molecule has 0 spiro atoms. The fraction of sp³-hybridized carbons (Fsp3) is 0.0833. The third kappa shape index (κ3) is 2.92. The molecule has 82 valence electrons. The first-order valence-electron chi connectivity index (χ1n) is 4.84. The van der Waals surface area contributed by atoms with Crippen molar-refractivity contribution in [3.63, 3.8) is 0 Å². The van der Waals surface area contributed by atoms with Crippen LogP contribution in [0.4, 0.5) is 0 Å². The first-order valence-corrected chi connectivity index (χ1v) is 5.79.